The molecule has 1 atom stereocenters. The van der Waals surface area contributed by atoms with E-state index in [1.165, 1.54) is 0 Å². The number of nitrogen functional groups attached to an aromatic ring is 1. The summed E-state index contributed by atoms with van der Waals surface area (Å²) in [7, 11) is 0. The van der Waals surface area contributed by atoms with Crippen molar-refractivity contribution in [3.8, 4) is 5.75 Å². The van der Waals surface area contributed by atoms with Crippen molar-refractivity contribution >= 4 is 17.6 Å². The summed E-state index contributed by atoms with van der Waals surface area (Å²) in [5.74, 6) is -1.31. The van der Waals surface area contributed by atoms with Crippen LogP contribution < -0.4 is 11.1 Å². The molecule has 0 saturated carbocycles. The molecule has 31 heavy (non-hydrogen) atoms. The van der Waals surface area contributed by atoms with Crippen molar-refractivity contribution in [2.75, 3.05) is 5.73 Å². The number of carboxylic acids is 1. The van der Waals surface area contributed by atoms with Gasteiger partial charge in [-0.05, 0) is 72.7 Å². The summed E-state index contributed by atoms with van der Waals surface area (Å²) in [5, 5.41) is 21.5. The van der Waals surface area contributed by atoms with E-state index >= 15 is 0 Å². The summed E-state index contributed by atoms with van der Waals surface area (Å²) in [6, 6.07) is 20.6. The van der Waals surface area contributed by atoms with E-state index in [9.17, 15) is 19.8 Å². The Hall–Kier alpha value is -3.80. The van der Waals surface area contributed by atoms with E-state index in [1.807, 2.05) is 42.5 Å². The Labute approximate surface area is 181 Å². The van der Waals surface area contributed by atoms with Crippen LogP contribution in [0.25, 0.3) is 0 Å². The van der Waals surface area contributed by atoms with Gasteiger partial charge in [-0.2, -0.15) is 0 Å². The number of aromatic hydroxyl groups is 1. The van der Waals surface area contributed by atoms with Gasteiger partial charge in [-0.15, -0.1) is 0 Å². The number of carbonyl (C=O) groups excluding carboxylic acids is 1. The molecule has 1 unspecified atom stereocenters. The van der Waals surface area contributed by atoms with Crippen LogP contribution in [0.1, 0.15) is 33.5 Å². The smallest absolute Gasteiger partial charge is 0.326 e. The van der Waals surface area contributed by atoms with Gasteiger partial charge in [-0.25, -0.2) is 4.79 Å². The van der Waals surface area contributed by atoms with Gasteiger partial charge >= 0.3 is 5.97 Å². The Balaban J connectivity index is 1.65. The van der Waals surface area contributed by atoms with Gasteiger partial charge in [-0.1, -0.05) is 42.5 Å². The fourth-order valence-corrected chi connectivity index (χ4v) is 3.40. The normalized spacial score (nSPS) is 11.6. The SMILES string of the molecule is Nc1cc(CCc2ccc(O)cc2)cc(C(=O)NC(CCc2ccccc2)C(=O)O)c1. The van der Waals surface area contributed by atoms with Crippen LogP contribution in [0.3, 0.4) is 0 Å². The molecule has 0 heterocycles. The van der Waals surface area contributed by atoms with Gasteiger partial charge in [0.05, 0.1) is 0 Å². The highest BCUT2D eigenvalue weighted by Crippen LogP contribution is 2.17. The molecule has 3 aromatic carbocycles. The molecule has 0 aliphatic heterocycles. The highest BCUT2D eigenvalue weighted by atomic mass is 16.4. The summed E-state index contributed by atoms with van der Waals surface area (Å²) in [5.41, 5.74) is 9.72. The summed E-state index contributed by atoms with van der Waals surface area (Å²) in [6.45, 7) is 0. The van der Waals surface area contributed by atoms with E-state index in [1.54, 1.807) is 30.3 Å². The summed E-state index contributed by atoms with van der Waals surface area (Å²) in [4.78, 5) is 24.4. The van der Waals surface area contributed by atoms with Crippen molar-refractivity contribution in [2.45, 2.75) is 31.7 Å². The average molecular weight is 418 g/mol. The Morgan fingerprint density at radius 2 is 1.48 bits per heavy atom. The lowest BCUT2D eigenvalue weighted by Gasteiger charge is -2.15. The quantitative estimate of drug-likeness (QED) is 0.397. The van der Waals surface area contributed by atoms with E-state index in [0.29, 0.717) is 30.5 Å². The second-order valence-corrected chi connectivity index (χ2v) is 7.52. The first-order chi connectivity index (χ1) is 14.9. The lowest BCUT2D eigenvalue weighted by Crippen LogP contribution is -2.41. The van der Waals surface area contributed by atoms with Gasteiger partial charge in [0.2, 0.25) is 0 Å². The molecule has 0 radical (unpaired) electrons. The number of phenols is 1. The van der Waals surface area contributed by atoms with Crippen LogP contribution >= 0.6 is 0 Å². The van der Waals surface area contributed by atoms with E-state index < -0.39 is 17.9 Å². The van der Waals surface area contributed by atoms with Gasteiger partial charge < -0.3 is 21.3 Å². The zero-order valence-corrected chi connectivity index (χ0v) is 17.1. The van der Waals surface area contributed by atoms with Crippen LogP contribution in [0, 0.1) is 0 Å². The maximum atomic E-state index is 12.7. The lowest BCUT2D eigenvalue weighted by molar-refractivity contribution is -0.139. The molecule has 0 spiro atoms. The molecule has 0 aliphatic rings. The van der Waals surface area contributed by atoms with Crippen LogP contribution in [-0.2, 0) is 24.1 Å². The topological polar surface area (TPSA) is 113 Å². The molecule has 0 aliphatic carbocycles. The summed E-state index contributed by atoms with van der Waals surface area (Å²) < 4.78 is 0. The number of phenolic OH excluding ortho intramolecular Hbond substituents is 1. The number of aliphatic carboxylic acids is 1. The zero-order chi connectivity index (χ0) is 22.2. The Morgan fingerprint density at radius 1 is 0.839 bits per heavy atom. The number of nitrogens with two attached hydrogens (primary N) is 1. The molecule has 0 saturated heterocycles. The summed E-state index contributed by atoms with van der Waals surface area (Å²) in [6.07, 6.45) is 2.22. The van der Waals surface area contributed by atoms with Crippen molar-refractivity contribution in [1.29, 1.82) is 0 Å². The fraction of sp³-hybridized carbons (Fsp3) is 0.200. The third kappa shape index (κ3) is 6.60. The number of rotatable bonds is 9. The van der Waals surface area contributed by atoms with E-state index in [2.05, 4.69) is 5.32 Å². The van der Waals surface area contributed by atoms with E-state index in [0.717, 1.165) is 23.1 Å². The average Bonchev–Trinajstić information content (AvgIpc) is 2.76. The Kier molecular flexibility index (Phi) is 7.27. The first kappa shape index (κ1) is 21.9. The molecular formula is C25H26N2O4. The van der Waals surface area contributed by atoms with Gasteiger partial charge in [0, 0.05) is 11.3 Å². The first-order valence-corrected chi connectivity index (χ1v) is 10.2. The predicted octanol–water partition coefficient (Wildman–Crippen LogP) is 3.58. The third-order valence-corrected chi connectivity index (χ3v) is 5.08. The second-order valence-electron chi connectivity index (χ2n) is 7.52. The molecule has 5 N–H and O–H groups in total. The van der Waals surface area contributed by atoms with Gasteiger partial charge in [0.1, 0.15) is 11.8 Å². The first-order valence-electron chi connectivity index (χ1n) is 10.2. The molecule has 6 heteroatoms. The number of anilines is 1. The van der Waals surface area contributed by atoms with Gasteiger partial charge in [0.15, 0.2) is 0 Å². The highest BCUT2D eigenvalue weighted by Gasteiger charge is 2.21. The summed E-state index contributed by atoms with van der Waals surface area (Å²) >= 11 is 0. The maximum absolute atomic E-state index is 12.7. The standard InChI is InChI=1S/C25H26N2O4/c26-21-15-19(7-6-18-8-11-22(28)12-9-18)14-20(16-21)24(29)27-23(25(30)31)13-10-17-4-2-1-3-5-17/h1-5,8-9,11-12,14-16,23,28H,6-7,10,13,26H2,(H,27,29)(H,30,31). The number of hydrogen-bond donors (Lipinski definition) is 4. The van der Waals surface area contributed by atoms with Crippen LogP contribution in [-0.4, -0.2) is 28.1 Å². The number of carboxylic acid groups (broad SMARTS) is 1. The molecule has 0 fully saturated rings. The highest BCUT2D eigenvalue weighted by molar-refractivity contribution is 5.97. The van der Waals surface area contributed by atoms with Crippen molar-refractivity contribution in [2.24, 2.45) is 0 Å². The minimum absolute atomic E-state index is 0.215. The minimum atomic E-state index is -1.07. The van der Waals surface area contributed by atoms with Gasteiger partial charge in [0.25, 0.3) is 5.91 Å². The zero-order valence-electron chi connectivity index (χ0n) is 17.1. The van der Waals surface area contributed by atoms with Crippen molar-refractivity contribution in [3.05, 3.63) is 95.1 Å². The van der Waals surface area contributed by atoms with Crippen molar-refractivity contribution < 1.29 is 19.8 Å². The van der Waals surface area contributed by atoms with Crippen LogP contribution in [0.5, 0.6) is 5.75 Å². The Morgan fingerprint density at radius 3 is 2.16 bits per heavy atom. The number of amides is 1. The number of aryl methyl sites for hydroxylation is 3. The fourth-order valence-electron chi connectivity index (χ4n) is 3.40. The van der Waals surface area contributed by atoms with E-state index in [4.69, 9.17) is 5.73 Å². The number of benzene rings is 3. The molecule has 3 aromatic rings. The molecular weight excluding hydrogens is 392 g/mol. The van der Waals surface area contributed by atoms with Crippen LogP contribution in [0.15, 0.2) is 72.8 Å². The maximum Gasteiger partial charge on any atom is 0.326 e. The van der Waals surface area contributed by atoms with E-state index in [-0.39, 0.29) is 5.75 Å². The number of hydrogen-bond acceptors (Lipinski definition) is 4. The molecule has 3 rings (SSSR count). The lowest BCUT2D eigenvalue weighted by atomic mass is 10.0. The third-order valence-electron chi connectivity index (χ3n) is 5.08. The van der Waals surface area contributed by atoms with Gasteiger partial charge in [-0.3, -0.25) is 4.79 Å². The number of carbonyl (C=O) groups is 2. The van der Waals surface area contributed by atoms with Crippen LogP contribution in [0.2, 0.25) is 0 Å². The predicted molar refractivity (Wildman–Crippen MR) is 120 cm³/mol. The van der Waals surface area contributed by atoms with Crippen LogP contribution in [0.4, 0.5) is 5.69 Å². The largest absolute Gasteiger partial charge is 0.508 e. The van der Waals surface area contributed by atoms with Crippen molar-refractivity contribution in [3.63, 3.8) is 0 Å². The molecule has 6 nitrogen and oxygen atoms in total. The number of nitrogens with one attached hydrogen (secondary N) is 1. The molecule has 0 aromatic heterocycles. The van der Waals surface area contributed by atoms with Crippen molar-refractivity contribution in [1.82, 2.24) is 5.32 Å². The molecule has 160 valence electrons. The minimum Gasteiger partial charge on any atom is -0.508 e. The Bertz CT molecular complexity index is 1030. The monoisotopic (exact) mass is 418 g/mol. The molecule has 0 bridgehead atoms. The second kappa shape index (κ2) is 10.3. The molecule has 1 amide bonds.